The lowest BCUT2D eigenvalue weighted by atomic mass is 10.1. The largest absolute Gasteiger partial charge is 0.310 e. The average Bonchev–Trinajstić information content (AvgIpc) is 2.60. The van der Waals surface area contributed by atoms with E-state index in [1.807, 2.05) is 0 Å². The molecule has 2 aliphatic heterocycles. The first kappa shape index (κ1) is 12.3. The standard InChI is InChI=1S/C11H20N4O2/c1-8(16)13-14-11(17)7-15-5-4-9-2-3-10(6-15)12-9/h9-10,12H,2-7H2,1H3,(H,13,16)(H,14,17). The Labute approximate surface area is 101 Å². The summed E-state index contributed by atoms with van der Waals surface area (Å²) in [6.07, 6.45) is 3.56. The van der Waals surface area contributed by atoms with Crippen LogP contribution in [-0.4, -0.2) is 48.4 Å². The molecule has 17 heavy (non-hydrogen) atoms. The van der Waals surface area contributed by atoms with E-state index in [2.05, 4.69) is 21.1 Å². The first-order chi connectivity index (χ1) is 8.13. The number of rotatable bonds is 2. The molecule has 0 aliphatic carbocycles. The maximum atomic E-state index is 11.5. The lowest BCUT2D eigenvalue weighted by Crippen LogP contribution is -2.47. The normalized spacial score (nSPS) is 28.5. The van der Waals surface area contributed by atoms with Gasteiger partial charge in [0.1, 0.15) is 0 Å². The molecule has 2 amide bonds. The molecule has 3 N–H and O–H groups in total. The Hall–Kier alpha value is -1.14. The lowest BCUT2D eigenvalue weighted by Gasteiger charge is -2.23. The summed E-state index contributed by atoms with van der Waals surface area (Å²) in [6, 6.07) is 1.15. The Balaban J connectivity index is 1.75. The molecule has 2 saturated heterocycles. The maximum Gasteiger partial charge on any atom is 0.252 e. The lowest BCUT2D eigenvalue weighted by molar-refractivity contribution is -0.128. The SMILES string of the molecule is CC(=O)NNC(=O)CN1CCC2CCC(C1)N2. The number of carbonyl (C=O) groups is 2. The number of hydrazine groups is 1. The van der Waals surface area contributed by atoms with Gasteiger partial charge in [-0.05, 0) is 19.3 Å². The van der Waals surface area contributed by atoms with Crippen LogP contribution in [0.5, 0.6) is 0 Å². The van der Waals surface area contributed by atoms with Gasteiger partial charge in [-0.2, -0.15) is 0 Å². The third kappa shape index (κ3) is 3.67. The Morgan fingerprint density at radius 2 is 2.00 bits per heavy atom. The summed E-state index contributed by atoms with van der Waals surface area (Å²) in [7, 11) is 0. The number of likely N-dealkylation sites (tertiary alicyclic amines) is 1. The minimum Gasteiger partial charge on any atom is -0.310 e. The van der Waals surface area contributed by atoms with Crippen molar-refractivity contribution in [3.05, 3.63) is 0 Å². The molecule has 2 bridgehead atoms. The molecule has 6 heteroatoms. The molecule has 0 saturated carbocycles. The van der Waals surface area contributed by atoms with Gasteiger partial charge < -0.3 is 5.32 Å². The van der Waals surface area contributed by atoms with Gasteiger partial charge in [-0.15, -0.1) is 0 Å². The number of fused-ring (bicyclic) bond motifs is 2. The maximum absolute atomic E-state index is 11.5. The van der Waals surface area contributed by atoms with Crippen LogP contribution in [0.2, 0.25) is 0 Å². The minimum absolute atomic E-state index is 0.155. The van der Waals surface area contributed by atoms with Crippen molar-refractivity contribution in [2.45, 2.75) is 38.3 Å². The summed E-state index contributed by atoms with van der Waals surface area (Å²) in [5.41, 5.74) is 4.70. The van der Waals surface area contributed by atoms with E-state index in [-0.39, 0.29) is 11.8 Å². The van der Waals surface area contributed by atoms with E-state index >= 15 is 0 Å². The number of nitrogens with zero attached hydrogens (tertiary/aromatic N) is 1. The molecule has 0 radical (unpaired) electrons. The number of hydrogen-bond acceptors (Lipinski definition) is 4. The summed E-state index contributed by atoms with van der Waals surface area (Å²) >= 11 is 0. The monoisotopic (exact) mass is 240 g/mol. The Kier molecular flexibility index (Phi) is 3.96. The molecular formula is C11H20N4O2. The van der Waals surface area contributed by atoms with Crippen LogP contribution in [0.15, 0.2) is 0 Å². The first-order valence-electron chi connectivity index (χ1n) is 6.17. The van der Waals surface area contributed by atoms with Gasteiger partial charge in [0.15, 0.2) is 0 Å². The molecule has 0 aromatic rings. The van der Waals surface area contributed by atoms with Crippen LogP contribution in [-0.2, 0) is 9.59 Å². The number of nitrogens with one attached hydrogen (secondary N) is 3. The van der Waals surface area contributed by atoms with Gasteiger partial charge in [-0.1, -0.05) is 0 Å². The van der Waals surface area contributed by atoms with E-state index in [4.69, 9.17) is 0 Å². The molecule has 2 atom stereocenters. The average molecular weight is 240 g/mol. The zero-order valence-electron chi connectivity index (χ0n) is 10.2. The Morgan fingerprint density at radius 1 is 1.24 bits per heavy atom. The van der Waals surface area contributed by atoms with Crippen molar-refractivity contribution in [3.8, 4) is 0 Å². The van der Waals surface area contributed by atoms with Crippen LogP contribution in [0.25, 0.3) is 0 Å². The molecule has 2 heterocycles. The molecular weight excluding hydrogens is 220 g/mol. The van der Waals surface area contributed by atoms with Gasteiger partial charge in [-0.25, -0.2) is 0 Å². The van der Waals surface area contributed by atoms with Crippen molar-refractivity contribution in [2.75, 3.05) is 19.6 Å². The summed E-state index contributed by atoms with van der Waals surface area (Å²) in [5, 5.41) is 3.56. The van der Waals surface area contributed by atoms with Crippen LogP contribution in [0.4, 0.5) is 0 Å². The minimum atomic E-state index is -0.255. The Bertz CT molecular complexity index is 308. The van der Waals surface area contributed by atoms with Gasteiger partial charge in [0.25, 0.3) is 5.91 Å². The molecule has 96 valence electrons. The number of carbonyl (C=O) groups excluding carboxylic acids is 2. The second-order valence-corrected chi connectivity index (χ2v) is 4.89. The summed E-state index contributed by atoms with van der Waals surface area (Å²) < 4.78 is 0. The van der Waals surface area contributed by atoms with Crippen LogP contribution in [0, 0.1) is 0 Å². The van der Waals surface area contributed by atoms with Gasteiger partial charge in [0.2, 0.25) is 5.91 Å². The molecule has 2 aliphatic rings. The second-order valence-electron chi connectivity index (χ2n) is 4.89. The van der Waals surface area contributed by atoms with Crippen molar-refractivity contribution in [1.82, 2.24) is 21.1 Å². The van der Waals surface area contributed by atoms with Crippen molar-refractivity contribution >= 4 is 11.8 Å². The smallest absolute Gasteiger partial charge is 0.252 e. The highest BCUT2D eigenvalue weighted by atomic mass is 16.2. The molecule has 2 unspecified atom stereocenters. The molecule has 2 fully saturated rings. The van der Waals surface area contributed by atoms with Crippen LogP contribution in [0.1, 0.15) is 26.2 Å². The van der Waals surface area contributed by atoms with E-state index in [0.29, 0.717) is 18.6 Å². The predicted octanol–water partition coefficient (Wildman–Crippen LogP) is -1.02. The molecule has 0 aromatic heterocycles. The van der Waals surface area contributed by atoms with Crippen LogP contribution in [0.3, 0.4) is 0 Å². The van der Waals surface area contributed by atoms with Crippen molar-refractivity contribution in [1.29, 1.82) is 0 Å². The summed E-state index contributed by atoms with van der Waals surface area (Å²) in [5.74, 6) is -0.409. The van der Waals surface area contributed by atoms with Crippen molar-refractivity contribution in [2.24, 2.45) is 0 Å². The molecule has 6 nitrogen and oxygen atoms in total. The van der Waals surface area contributed by atoms with Crippen LogP contribution >= 0.6 is 0 Å². The quantitative estimate of drug-likeness (QED) is 0.540. The molecule has 2 rings (SSSR count). The third-order valence-corrected chi connectivity index (χ3v) is 3.35. The fraction of sp³-hybridized carbons (Fsp3) is 0.818. The second kappa shape index (κ2) is 5.46. The zero-order valence-corrected chi connectivity index (χ0v) is 10.2. The van der Waals surface area contributed by atoms with E-state index < -0.39 is 0 Å². The van der Waals surface area contributed by atoms with E-state index in [1.54, 1.807) is 0 Å². The highest BCUT2D eigenvalue weighted by molar-refractivity contribution is 5.81. The van der Waals surface area contributed by atoms with Gasteiger partial charge >= 0.3 is 0 Å². The molecule has 0 spiro atoms. The van der Waals surface area contributed by atoms with Gasteiger partial charge in [-0.3, -0.25) is 25.3 Å². The van der Waals surface area contributed by atoms with Gasteiger partial charge in [0, 0.05) is 32.1 Å². The number of amides is 2. The van der Waals surface area contributed by atoms with Crippen molar-refractivity contribution in [3.63, 3.8) is 0 Å². The molecule has 0 aromatic carbocycles. The number of hydrogen-bond donors (Lipinski definition) is 3. The fourth-order valence-electron chi connectivity index (χ4n) is 2.56. The van der Waals surface area contributed by atoms with E-state index in [0.717, 1.165) is 19.5 Å². The van der Waals surface area contributed by atoms with Gasteiger partial charge in [0.05, 0.1) is 6.54 Å². The third-order valence-electron chi connectivity index (χ3n) is 3.35. The predicted molar refractivity (Wildman–Crippen MR) is 63.0 cm³/mol. The highest BCUT2D eigenvalue weighted by Crippen LogP contribution is 2.19. The van der Waals surface area contributed by atoms with Crippen LogP contribution < -0.4 is 16.2 Å². The summed E-state index contributed by atoms with van der Waals surface area (Å²) in [4.78, 5) is 24.3. The first-order valence-corrected chi connectivity index (χ1v) is 6.17. The highest BCUT2D eigenvalue weighted by Gasteiger charge is 2.29. The summed E-state index contributed by atoms with van der Waals surface area (Å²) in [6.45, 7) is 3.59. The Morgan fingerprint density at radius 3 is 2.76 bits per heavy atom. The zero-order chi connectivity index (χ0) is 12.3. The van der Waals surface area contributed by atoms with E-state index in [1.165, 1.54) is 19.8 Å². The topological polar surface area (TPSA) is 73.5 Å². The fourth-order valence-corrected chi connectivity index (χ4v) is 2.56. The van der Waals surface area contributed by atoms with Crippen molar-refractivity contribution < 1.29 is 9.59 Å². The van der Waals surface area contributed by atoms with E-state index in [9.17, 15) is 9.59 Å².